The first-order valence-electron chi connectivity index (χ1n) is 13.9. The lowest BCUT2D eigenvalue weighted by Gasteiger charge is -2.43. The van der Waals surface area contributed by atoms with Gasteiger partial charge in [-0.05, 0) is 51.1 Å². The third-order valence-electron chi connectivity index (χ3n) is 7.83. The van der Waals surface area contributed by atoms with Gasteiger partial charge in [0.15, 0.2) is 0 Å². The first kappa shape index (κ1) is 33.6. The molecule has 224 valence electrons. The van der Waals surface area contributed by atoms with Crippen molar-refractivity contribution < 1.29 is 14.2 Å². The smallest absolute Gasteiger partial charge is 0.360 e. The maximum absolute atomic E-state index is 7.45. The van der Waals surface area contributed by atoms with Crippen LogP contribution in [0.1, 0.15) is 95.7 Å². The predicted octanol–water partition coefficient (Wildman–Crippen LogP) is 10.1. The summed E-state index contributed by atoms with van der Waals surface area (Å²) in [5, 5.41) is -1.27. The van der Waals surface area contributed by atoms with E-state index in [1.165, 1.54) is 0 Å². The molecule has 0 fully saturated rings. The van der Waals surface area contributed by atoms with Crippen molar-refractivity contribution in [3.05, 3.63) is 88.0 Å². The van der Waals surface area contributed by atoms with Crippen LogP contribution in [0.5, 0.6) is 17.2 Å². The van der Waals surface area contributed by atoms with Gasteiger partial charge in [-0.2, -0.15) is 0 Å². The van der Waals surface area contributed by atoms with Gasteiger partial charge in [-0.25, -0.2) is 0 Å². The summed E-state index contributed by atoms with van der Waals surface area (Å²) in [5.41, 5.74) is 5.09. The summed E-state index contributed by atoms with van der Waals surface area (Å²) >= 11 is 22.3. The van der Waals surface area contributed by atoms with Crippen LogP contribution in [-0.4, -0.2) is 27.3 Å². The second kappa shape index (κ2) is 11.7. The third-order valence-corrected chi connectivity index (χ3v) is 12.0. The van der Waals surface area contributed by atoms with Crippen molar-refractivity contribution in [1.82, 2.24) is 0 Å². The number of rotatable bonds is 7. The highest BCUT2D eigenvalue weighted by Crippen LogP contribution is 2.59. The lowest BCUT2D eigenvalue weighted by molar-refractivity contribution is 0.390. The van der Waals surface area contributed by atoms with Gasteiger partial charge in [0.2, 0.25) is 0 Å². The predicted molar refractivity (Wildman–Crippen MR) is 178 cm³/mol. The van der Waals surface area contributed by atoms with Crippen molar-refractivity contribution in [2.24, 2.45) is 0 Å². The van der Waals surface area contributed by atoms with Gasteiger partial charge in [-0.15, -0.1) is 33.2 Å². The highest BCUT2D eigenvalue weighted by atomic mass is 35.8. The van der Waals surface area contributed by atoms with Crippen molar-refractivity contribution in [2.45, 2.75) is 83.6 Å². The van der Waals surface area contributed by atoms with Crippen LogP contribution in [0.3, 0.4) is 0 Å². The lowest BCUT2D eigenvalue weighted by Crippen LogP contribution is -2.48. The molecule has 0 N–H and O–H groups in total. The molecule has 3 rings (SSSR count). The summed E-state index contributed by atoms with van der Waals surface area (Å²) in [4.78, 5) is 0. The van der Waals surface area contributed by atoms with Crippen LogP contribution in [0.25, 0.3) is 0 Å². The Bertz CT molecular complexity index is 1230. The molecule has 3 aromatic rings. The van der Waals surface area contributed by atoms with Crippen LogP contribution in [0, 0.1) is 0 Å². The monoisotopic (exact) mass is 634 g/mol. The average molecular weight is 636 g/mol. The van der Waals surface area contributed by atoms with Gasteiger partial charge in [0.1, 0.15) is 17.2 Å². The summed E-state index contributed by atoms with van der Waals surface area (Å²) in [7, 11) is 4.98. The Morgan fingerprint density at radius 1 is 0.463 bits per heavy atom. The molecule has 0 aliphatic heterocycles. The summed E-state index contributed by atoms with van der Waals surface area (Å²) < 4.78 is 18.2. The van der Waals surface area contributed by atoms with E-state index in [0.29, 0.717) is 17.2 Å². The largest absolute Gasteiger partial charge is 0.496 e. The number of halogens is 3. The molecular formula is C34H45Cl3O3Si. The Labute approximate surface area is 262 Å². The molecule has 3 nitrogen and oxygen atoms in total. The van der Waals surface area contributed by atoms with Crippen molar-refractivity contribution in [2.75, 3.05) is 21.3 Å². The Morgan fingerprint density at radius 2 is 0.707 bits per heavy atom. The van der Waals surface area contributed by atoms with Crippen LogP contribution in [0.4, 0.5) is 0 Å². The highest BCUT2D eigenvalue weighted by Gasteiger charge is 2.59. The quantitative estimate of drug-likeness (QED) is 0.147. The van der Waals surface area contributed by atoms with E-state index in [2.05, 4.69) is 98.7 Å². The number of methoxy groups -OCH3 is 3. The van der Waals surface area contributed by atoms with E-state index < -0.39 is 11.0 Å². The van der Waals surface area contributed by atoms with Crippen molar-refractivity contribution in [3.63, 3.8) is 0 Å². The normalized spacial score (nSPS) is 13.2. The summed E-state index contributed by atoms with van der Waals surface area (Å²) in [5.74, 6) is 1.88. The van der Waals surface area contributed by atoms with Crippen LogP contribution < -0.4 is 14.2 Å². The number of ether oxygens (including phenoxy) is 3. The van der Waals surface area contributed by atoms with Crippen molar-refractivity contribution in [3.8, 4) is 17.2 Å². The summed E-state index contributed by atoms with van der Waals surface area (Å²) in [6.45, 7) is 19.6. The Morgan fingerprint density at radius 3 is 0.878 bits per heavy atom. The fraction of sp³-hybridized carbons (Fsp3) is 0.471. The van der Waals surface area contributed by atoms with Crippen LogP contribution in [0.2, 0.25) is 0 Å². The van der Waals surface area contributed by atoms with Gasteiger partial charge in [0, 0.05) is 16.7 Å². The van der Waals surface area contributed by atoms with Gasteiger partial charge in [-0.1, -0.05) is 98.7 Å². The standard InChI is InChI=1S/C34H45Cl3O3Si/c1-31(2,3)22-13-16-28(38-10)25(19-22)34(41(35,36)37,26-20-23(32(4,5)6)14-17-29(26)39-11)27-21-24(33(7,8)9)15-18-30(27)40-12/h13-21H,1-12H3. The molecule has 0 saturated heterocycles. The molecule has 0 spiro atoms. The van der Waals surface area contributed by atoms with E-state index in [-0.39, 0.29) is 16.2 Å². The van der Waals surface area contributed by atoms with E-state index in [9.17, 15) is 0 Å². The van der Waals surface area contributed by atoms with Gasteiger partial charge in [0.05, 0.1) is 26.4 Å². The van der Waals surface area contributed by atoms with Gasteiger partial charge >= 0.3 is 6.00 Å². The van der Waals surface area contributed by atoms with Gasteiger partial charge in [0.25, 0.3) is 0 Å². The number of benzene rings is 3. The molecule has 0 atom stereocenters. The van der Waals surface area contributed by atoms with Gasteiger partial charge in [-0.3, -0.25) is 0 Å². The number of hydrogen-bond acceptors (Lipinski definition) is 3. The zero-order valence-corrected chi connectivity index (χ0v) is 29.8. The minimum atomic E-state index is -3.87. The zero-order valence-electron chi connectivity index (χ0n) is 26.6. The first-order valence-corrected chi connectivity index (χ1v) is 18.9. The van der Waals surface area contributed by atoms with E-state index in [1.807, 2.05) is 18.2 Å². The minimum Gasteiger partial charge on any atom is -0.496 e. The zero-order chi connectivity index (χ0) is 31.2. The Hall–Kier alpha value is -1.85. The van der Waals surface area contributed by atoms with E-state index in [4.69, 9.17) is 47.4 Å². The van der Waals surface area contributed by atoms with E-state index in [0.717, 1.165) is 33.4 Å². The SMILES string of the molecule is COc1ccc(C(C)(C)C)cc1C(c1cc(C(C)(C)C)ccc1OC)(c1cc(C(C)(C)C)ccc1OC)[Si](Cl)(Cl)Cl. The van der Waals surface area contributed by atoms with E-state index >= 15 is 0 Å². The molecule has 0 aliphatic carbocycles. The number of hydrogen-bond donors (Lipinski definition) is 0. The topological polar surface area (TPSA) is 27.7 Å². The fourth-order valence-electron chi connectivity index (χ4n) is 5.30. The molecule has 0 amide bonds. The third kappa shape index (κ3) is 6.41. The molecule has 0 saturated carbocycles. The molecule has 3 aromatic carbocycles. The summed E-state index contributed by atoms with van der Waals surface area (Å²) in [6, 6.07) is 14.7. The molecule has 0 aliphatic rings. The highest BCUT2D eigenvalue weighted by molar-refractivity contribution is 7.66. The first-order chi connectivity index (χ1) is 18.7. The second-order valence-corrected chi connectivity index (χ2v) is 22.3. The van der Waals surface area contributed by atoms with Crippen LogP contribution >= 0.6 is 33.2 Å². The van der Waals surface area contributed by atoms with Crippen molar-refractivity contribution >= 4 is 39.2 Å². The van der Waals surface area contributed by atoms with Gasteiger partial charge < -0.3 is 14.2 Å². The minimum absolute atomic E-state index is 0.170. The molecule has 7 heteroatoms. The molecule has 0 radical (unpaired) electrons. The fourth-order valence-corrected chi connectivity index (χ4v) is 9.55. The molecule has 41 heavy (non-hydrogen) atoms. The molecule has 0 bridgehead atoms. The Kier molecular flexibility index (Phi) is 9.58. The summed E-state index contributed by atoms with van der Waals surface area (Å²) in [6.07, 6.45) is 0. The molecule has 0 unspecified atom stereocenters. The maximum atomic E-state index is 7.45. The van der Waals surface area contributed by atoms with E-state index in [1.54, 1.807) is 21.3 Å². The maximum Gasteiger partial charge on any atom is 0.360 e. The van der Waals surface area contributed by atoms with Crippen LogP contribution in [-0.2, 0) is 21.3 Å². The molecule has 0 aromatic heterocycles. The van der Waals surface area contributed by atoms with Crippen molar-refractivity contribution in [1.29, 1.82) is 0 Å². The molecule has 0 heterocycles. The second-order valence-electron chi connectivity index (χ2n) is 13.7. The Balaban J connectivity index is 2.79. The molecular weight excluding hydrogens is 591 g/mol. The average Bonchev–Trinajstić information content (AvgIpc) is 2.86. The lowest BCUT2D eigenvalue weighted by atomic mass is 9.75. The van der Waals surface area contributed by atoms with Crippen LogP contribution in [0.15, 0.2) is 54.6 Å².